The summed E-state index contributed by atoms with van der Waals surface area (Å²) in [5.74, 6) is 0.134. The van der Waals surface area contributed by atoms with Gasteiger partial charge in [-0.1, -0.05) is 47.6 Å². The molecular formula is C13H9Cl2NOS. The zero-order chi connectivity index (χ0) is 13.1. The zero-order valence-corrected chi connectivity index (χ0v) is 11.5. The first-order valence-electron chi connectivity index (χ1n) is 5.12. The number of nitrogens with one attached hydrogen (secondary N) is 1. The molecule has 0 spiro atoms. The summed E-state index contributed by atoms with van der Waals surface area (Å²) in [5, 5.41) is 13.6. The van der Waals surface area contributed by atoms with Gasteiger partial charge in [-0.15, -0.1) is 0 Å². The first kappa shape index (κ1) is 13.1. The number of benzene rings is 2. The number of hydrogen-bond donors (Lipinski definition) is 2. The van der Waals surface area contributed by atoms with E-state index in [1.54, 1.807) is 42.5 Å². The summed E-state index contributed by atoms with van der Waals surface area (Å²) >= 11 is 17.0. The van der Waals surface area contributed by atoms with Crippen LogP contribution in [0, 0.1) is 0 Å². The van der Waals surface area contributed by atoms with Crippen LogP contribution in [0.3, 0.4) is 0 Å². The van der Waals surface area contributed by atoms with E-state index in [0.717, 1.165) is 5.69 Å². The first-order chi connectivity index (χ1) is 8.58. The molecule has 0 atom stereocenters. The van der Waals surface area contributed by atoms with E-state index in [9.17, 15) is 5.11 Å². The van der Waals surface area contributed by atoms with Crippen LogP contribution in [0.2, 0.25) is 10.0 Å². The van der Waals surface area contributed by atoms with Crippen LogP contribution < -0.4 is 5.32 Å². The predicted octanol–water partition coefficient (Wildman–Crippen LogP) is 4.49. The average molecular weight is 298 g/mol. The van der Waals surface area contributed by atoms with Crippen molar-refractivity contribution in [3.63, 3.8) is 0 Å². The Morgan fingerprint density at radius 2 is 1.78 bits per heavy atom. The average Bonchev–Trinajstić information content (AvgIpc) is 2.34. The molecule has 2 N–H and O–H groups in total. The van der Waals surface area contributed by atoms with Gasteiger partial charge in [0.15, 0.2) is 0 Å². The highest BCUT2D eigenvalue weighted by atomic mass is 35.5. The Bertz CT molecular complexity index is 601. The van der Waals surface area contributed by atoms with E-state index in [1.165, 1.54) is 0 Å². The molecule has 92 valence electrons. The van der Waals surface area contributed by atoms with Gasteiger partial charge in [0, 0.05) is 5.69 Å². The molecule has 0 heterocycles. The van der Waals surface area contributed by atoms with Crippen LogP contribution in [-0.4, -0.2) is 10.1 Å². The van der Waals surface area contributed by atoms with E-state index in [4.69, 9.17) is 35.4 Å². The number of thiocarbonyl (C=S) groups is 1. The number of phenols is 1. The van der Waals surface area contributed by atoms with Crippen molar-refractivity contribution in [3.8, 4) is 5.75 Å². The third-order valence-electron chi connectivity index (χ3n) is 2.33. The molecule has 0 aliphatic rings. The highest BCUT2D eigenvalue weighted by molar-refractivity contribution is 7.81. The maximum Gasteiger partial charge on any atom is 0.125 e. The molecule has 5 heteroatoms. The highest BCUT2D eigenvalue weighted by Crippen LogP contribution is 2.26. The molecule has 2 rings (SSSR count). The van der Waals surface area contributed by atoms with Gasteiger partial charge in [0.1, 0.15) is 10.7 Å². The minimum absolute atomic E-state index is 0.134. The predicted molar refractivity (Wildman–Crippen MR) is 79.9 cm³/mol. The van der Waals surface area contributed by atoms with Crippen molar-refractivity contribution < 1.29 is 5.11 Å². The largest absolute Gasteiger partial charge is 0.507 e. The van der Waals surface area contributed by atoms with Gasteiger partial charge in [-0.2, -0.15) is 0 Å². The Kier molecular flexibility index (Phi) is 4.07. The van der Waals surface area contributed by atoms with Gasteiger partial charge in [-0.3, -0.25) is 0 Å². The highest BCUT2D eigenvalue weighted by Gasteiger charge is 2.07. The summed E-state index contributed by atoms with van der Waals surface area (Å²) in [4.78, 5) is 0.423. The van der Waals surface area contributed by atoms with Crippen molar-refractivity contribution in [2.75, 3.05) is 5.32 Å². The van der Waals surface area contributed by atoms with E-state index in [0.29, 0.717) is 20.6 Å². The molecule has 2 aromatic rings. The van der Waals surface area contributed by atoms with Crippen molar-refractivity contribution >= 4 is 46.1 Å². The number of rotatable bonds is 2. The normalized spacial score (nSPS) is 10.1. The van der Waals surface area contributed by atoms with Crippen LogP contribution in [0.1, 0.15) is 5.56 Å². The van der Waals surface area contributed by atoms with Crippen molar-refractivity contribution in [3.05, 3.63) is 58.1 Å². The van der Waals surface area contributed by atoms with Crippen LogP contribution in [0.25, 0.3) is 0 Å². The Balaban J connectivity index is 2.22. The van der Waals surface area contributed by atoms with E-state index >= 15 is 0 Å². The standard InChI is InChI=1S/C13H9Cl2NOS/c14-10-6-5-8(7-11(10)15)16-13(18)9-3-1-2-4-12(9)17/h1-7,17H,(H,16,18). The summed E-state index contributed by atoms with van der Waals surface area (Å²) in [6.45, 7) is 0. The van der Waals surface area contributed by atoms with Gasteiger partial charge in [0.2, 0.25) is 0 Å². The van der Waals surface area contributed by atoms with Crippen LogP contribution in [0.4, 0.5) is 5.69 Å². The minimum Gasteiger partial charge on any atom is -0.507 e. The summed E-state index contributed by atoms with van der Waals surface area (Å²) in [7, 11) is 0. The molecule has 0 saturated carbocycles. The van der Waals surface area contributed by atoms with Crippen LogP contribution in [-0.2, 0) is 0 Å². The molecule has 2 aromatic carbocycles. The fourth-order valence-corrected chi connectivity index (χ4v) is 2.03. The first-order valence-corrected chi connectivity index (χ1v) is 6.29. The number of phenolic OH excluding ortho intramolecular Hbond substituents is 1. The molecule has 0 aromatic heterocycles. The third-order valence-corrected chi connectivity index (χ3v) is 3.39. The van der Waals surface area contributed by atoms with Crippen molar-refractivity contribution in [2.45, 2.75) is 0 Å². The third kappa shape index (κ3) is 2.93. The molecule has 0 fully saturated rings. The topological polar surface area (TPSA) is 32.3 Å². The molecule has 2 nitrogen and oxygen atoms in total. The second-order valence-corrected chi connectivity index (χ2v) is 4.82. The molecule has 0 saturated heterocycles. The van der Waals surface area contributed by atoms with Gasteiger partial charge < -0.3 is 10.4 Å². The van der Waals surface area contributed by atoms with Crippen LogP contribution in [0.5, 0.6) is 5.75 Å². The molecule has 0 amide bonds. The number of aromatic hydroxyl groups is 1. The van der Waals surface area contributed by atoms with E-state index in [-0.39, 0.29) is 5.75 Å². The van der Waals surface area contributed by atoms with Crippen LogP contribution in [0.15, 0.2) is 42.5 Å². The van der Waals surface area contributed by atoms with E-state index in [2.05, 4.69) is 5.32 Å². The fourth-order valence-electron chi connectivity index (χ4n) is 1.44. The number of para-hydroxylation sites is 1. The molecule has 0 radical (unpaired) electrons. The van der Waals surface area contributed by atoms with Gasteiger partial charge in [0.05, 0.1) is 15.6 Å². The second kappa shape index (κ2) is 5.57. The Morgan fingerprint density at radius 3 is 2.44 bits per heavy atom. The van der Waals surface area contributed by atoms with E-state index in [1.807, 2.05) is 0 Å². The number of anilines is 1. The van der Waals surface area contributed by atoms with Gasteiger partial charge in [0.25, 0.3) is 0 Å². The maximum absolute atomic E-state index is 9.68. The monoisotopic (exact) mass is 297 g/mol. The summed E-state index contributed by atoms with van der Waals surface area (Å²) < 4.78 is 0. The number of halogens is 2. The van der Waals surface area contributed by atoms with Crippen molar-refractivity contribution in [1.29, 1.82) is 0 Å². The van der Waals surface area contributed by atoms with Gasteiger partial charge in [-0.25, -0.2) is 0 Å². The van der Waals surface area contributed by atoms with Gasteiger partial charge in [-0.05, 0) is 30.3 Å². The van der Waals surface area contributed by atoms with Crippen LogP contribution >= 0.6 is 35.4 Å². The molecule has 0 unspecified atom stereocenters. The zero-order valence-electron chi connectivity index (χ0n) is 9.15. The van der Waals surface area contributed by atoms with Crippen molar-refractivity contribution in [2.24, 2.45) is 0 Å². The lowest BCUT2D eigenvalue weighted by molar-refractivity contribution is 0.474. The minimum atomic E-state index is 0.134. The lowest BCUT2D eigenvalue weighted by Crippen LogP contribution is -2.10. The lowest BCUT2D eigenvalue weighted by atomic mass is 10.2. The fraction of sp³-hybridized carbons (Fsp3) is 0. The van der Waals surface area contributed by atoms with Crippen molar-refractivity contribution in [1.82, 2.24) is 0 Å². The summed E-state index contributed by atoms with van der Waals surface area (Å²) in [6, 6.07) is 12.0. The lowest BCUT2D eigenvalue weighted by Gasteiger charge is -2.10. The maximum atomic E-state index is 9.68. The molecular weight excluding hydrogens is 289 g/mol. The number of hydrogen-bond acceptors (Lipinski definition) is 2. The molecule has 18 heavy (non-hydrogen) atoms. The summed E-state index contributed by atoms with van der Waals surface area (Å²) in [5.41, 5.74) is 1.29. The Morgan fingerprint density at radius 1 is 1.06 bits per heavy atom. The molecule has 0 bridgehead atoms. The van der Waals surface area contributed by atoms with Gasteiger partial charge >= 0.3 is 0 Å². The second-order valence-electron chi connectivity index (χ2n) is 3.60. The molecule has 0 aliphatic heterocycles. The Labute approximate surface area is 120 Å². The smallest absolute Gasteiger partial charge is 0.125 e. The molecule has 0 aliphatic carbocycles. The SMILES string of the molecule is Oc1ccccc1C(=S)Nc1ccc(Cl)c(Cl)c1. The summed E-state index contributed by atoms with van der Waals surface area (Å²) in [6.07, 6.45) is 0. The quantitative estimate of drug-likeness (QED) is 0.801. The Hall–Kier alpha value is -1.29. The van der Waals surface area contributed by atoms with E-state index < -0.39 is 0 Å².